The lowest BCUT2D eigenvalue weighted by Crippen LogP contribution is -2.22. The van der Waals surface area contributed by atoms with Gasteiger partial charge in [0.2, 0.25) is 0 Å². The predicted molar refractivity (Wildman–Crippen MR) is 72.9 cm³/mol. The van der Waals surface area contributed by atoms with Gasteiger partial charge < -0.3 is 15.5 Å². The minimum atomic E-state index is -1.08. The molecule has 6 nitrogen and oxygen atoms in total. The summed E-state index contributed by atoms with van der Waals surface area (Å²) >= 11 is 0. The van der Waals surface area contributed by atoms with E-state index in [2.05, 4.69) is 15.5 Å². The molecule has 1 saturated carbocycles. The molecule has 0 unspecified atom stereocenters. The van der Waals surface area contributed by atoms with Gasteiger partial charge in [-0.2, -0.15) is 0 Å². The van der Waals surface area contributed by atoms with Crippen LogP contribution in [-0.4, -0.2) is 27.1 Å². The first-order valence-electron chi connectivity index (χ1n) is 6.63. The molecule has 0 radical (unpaired) electrons. The van der Waals surface area contributed by atoms with Crippen molar-refractivity contribution in [2.45, 2.75) is 19.5 Å². The van der Waals surface area contributed by atoms with Crippen molar-refractivity contribution in [3.05, 3.63) is 29.6 Å². The topological polar surface area (TPSA) is 88.5 Å². The predicted octanol–water partition coefficient (Wildman–Crippen LogP) is 1.37. The average molecular weight is 295 g/mol. The molecule has 0 amide bonds. The van der Waals surface area contributed by atoms with Crippen molar-refractivity contribution in [2.24, 2.45) is 16.8 Å². The van der Waals surface area contributed by atoms with Crippen LogP contribution in [0.15, 0.2) is 17.5 Å². The molecule has 0 saturated heterocycles. The van der Waals surface area contributed by atoms with E-state index in [1.54, 1.807) is 4.57 Å². The second kappa shape index (κ2) is 5.28. The maximum absolute atomic E-state index is 13.8. The lowest BCUT2D eigenvalue weighted by molar-refractivity contribution is 0.318. The molecule has 1 aliphatic carbocycles. The molecule has 4 N–H and O–H groups in total. The Hall–Kier alpha value is -2.22. The number of amidine groups is 1. The fourth-order valence-corrected chi connectivity index (χ4v) is 2.28. The number of imidazole rings is 1. The number of nitrogens with two attached hydrogens (primary N) is 1. The molecule has 21 heavy (non-hydrogen) atoms. The Bertz CT molecular complexity index is 708. The normalized spacial score (nSPS) is 15.8. The van der Waals surface area contributed by atoms with E-state index in [1.807, 2.05) is 0 Å². The van der Waals surface area contributed by atoms with Gasteiger partial charge in [-0.25, -0.2) is 13.8 Å². The summed E-state index contributed by atoms with van der Waals surface area (Å²) in [6.45, 7) is 1.26. The fourth-order valence-electron chi connectivity index (χ4n) is 2.28. The van der Waals surface area contributed by atoms with Crippen LogP contribution in [0.5, 0.6) is 0 Å². The average Bonchev–Trinajstić information content (AvgIpc) is 3.21. The molecule has 1 aliphatic rings. The second-order valence-corrected chi connectivity index (χ2v) is 5.17. The standard InChI is InChI=1S/C13H15F2N5O/c14-9-3-8(13(16)19-21)12-11(10(9)15)18-6-20(12)5-17-4-7-1-2-7/h3,6-7,17,21H,1-2,4-5H2,(H2,16,19). The molecule has 1 aromatic carbocycles. The third-order valence-corrected chi connectivity index (χ3v) is 3.58. The lowest BCUT2D eigenvalue weighted by atomic mass is 10.1. The Balaban J connectivity index is 2.01. The smallest absolute Gasteiger partial charge is 0.186 e. The van der Waals surface area contributed by atoms with Gasteiger partial charge in [-0.05, 0) is 31.4 Å². The van der Waals surface area contributed by atoms with Crippen molar-refractivity contribution in [1.29, 1.82) is 0 Å². The second-order valence-electron chi connectivity index (χ2n) is 5.17. The molecule has 0 aliphatic heterocycles. The van der Waals surface area contributed by atoms with Crippen LogP contribution in [0.1, 0.15) is 18.4 Å². The summed E-state index contributed by atoms with van der Waals surface area (Å²) in [6, 6.07) is 0.909. The number of nitrogens with one attached hydrogen (secondary N) is 1. The maximum atomic E-state index is 13.8. The van der Waals surface area contributed by atoms with E-state index >= 15 is 0 Å². The van der Waals surface area contributed by atoms with E-state index in [4.69, 9.17) is 10.9 Å². The van der Waals surface area contributed by atoms with E-state index in [-0.39, 0.29) is 16.9 Å². The van der Waals surface area contributed by atoms with E-state index in [9.17, 15) is 8.78 Å². The lowest BCUT2D eigenvalue weighted by Gasteiger charge is -2.09. The van der Waals surface area contributed by atoms with Crippen molar-refractivity contribution in [1.82, 2.24) is 14.9 Å². The number of aromatic nitrogens is 2. The number of hydrogen-bond donors (Lipinski definition) is 3. The number of oxime groups is 1. The quantitative estimate of drug-likeness (QED) is 0.336. The molecule has 112 valence electrons. The molecular formula is C13H15F2N5O. The summed E-state index contributed by atoms with van der Waals surface area (Å²) < 4.78 is 29.0. The number of hydrogen-bond acceptors (Lipinski definition) is 4. The molecule has 8 heteroatoms. The van der Waals surface area contributed by atoms with E-state index in [1.165, 1.54) is 19.2 Å². The van der Waals surface area contributed by atoms with Crippen LogP contribution in [0.25, 0.3) is 11.0 Å². The summed E-state index contributed by atoms with van der Waals surface area (Å²) in [5, 5.41) is 14.9. The molecule has 1 heterocycles. The third kappa shape index (κ3) is 2.54. The fraction of sp³-hybridized carbons (Fsp3) is 0.385. The molecule has 1 aromatic heterocycles. The monoisotopic (exact) mass is 295 g/mol. The van der Waals surface area contributed by atoms with Crippen LogP contribution >= 0.6 is 0 Å². The molecule has 2 aromatic rings. The Morgan fingerprint density at radius 3 is 2.95 bits per heavy atom. The van der Waals surface area contributed by atoms with Crippen LogP contribution in [0.3, 0.4) is 0 Å². The SMILES string of the molecule is NC(=NO)c1cc(F)c(F)c2ncn(CNCC3CC3)c12. The summed E-state index contributed by atoms with van der Waals surface area (Å²) in [7, 11) is 0. The molecular weight excluding hydrogens is 280 g/mol. The van der Waals surface area contributed by atoms with Gasteiger partial charge in [0, 0.05) is 5.56 Å². The highest BCUT2D eigenvalue weighted by molar-refractivity contribution is 6.07. The van der Waals surface area contributed by atoms with Crippen molar-refractivity contribution in [3.63, 3.8) is 0 Å². The highest BCUT2D eigenvalue weighted by atomic mass is 19.2. The first-order valence-corrected chi connectivity index (χ1v) is 6.63. The van der Waals surface area contributed by atoms with Crippen molar-refractivity contribution >= 4 is 16.9 Å². The summed E-state index contributed by atoms with van der Waals surface area (Å²) in [5.41, 5.74) is 5.82. The van der Waals surface area contributed by atoms with Crippen molar-refractivity contribution in [3.8, 4) is 0 Å². The van der Waals surface area contributed by atoms with Crippen molar-refractivity contribution < 1.29 is 14.0 Å². The number of benzene rings is 1. The Morgan fingerprint density at radius 2 is 2.29 bits per heavy atom. The summed E-state index contributed by atoms with van der Waals surface area (Å²) in [6.07, 6.45) is 3.83. The van der Waals surface area contributed by atoms with Crippen molar-refractivity contribution in [2.75, 3.05) is 6.54 Å². The number of nitrogens with zero attached hydrogens (tertiary/aromatic N) is 3. The van der Waals surface area contributed by atoms with Crippen LogP contribution < -0.4 is 11.1 Å². The zero-order valence-corrected chi connectivity index (χ0v) is 11.2. The van der Waals surface area contributed by atoms with Gasteiger partial charge in [-0.15, -0.1) is 0 Å². The van der Waals surface area contributed by atoms with Gasteiger partial charge in [-0.1, -0.05) is 5.16 Å². The van der Waals surface area contributed by atoms with Gasteiger partial charge in [0.05, 0.1) is 18.5 Å². The van der Waals surface area contributed by atoms with E-state index in [0.29, 0.717) is 18.1 Å². The molecule has 0 bridgehead atoms. The van der Waals surface area contributed by atoms with Gasteiger partial charge in [0.15, 0.2) is 17.5 Å². The highest BCUT2D eigenvalue weighted by Gasteiger charge is 2.22. The Morgan fingerprint density at radius 1 is 1.52 bits per heavy atom. The molecule has 3 rings (SSSR count). The Kier molecular flexibility index (Phi) is 3.46. The van der Waals surface area contributed by atoms with Crippen LogP contribution in [0.4, 0.5) is 8.78 Å². The highest BCUT2D eigenvalue weighted by Crippen LogP contribution is 2.28. The van der Waals surface area contributed by atoms with Crippen LogP contribution in [0.2, 0.25) is 0 Å². The van der Waals surface area contributed by atoms with E-state index < -0.39 is 11.6 Å². The largest absolute Gasteiger partial charge is 0.409 e. The maximum Gasteiger partial charge on any atom is 0.186 e. The van der Waals surface area contributed by atoms with Gasteiger partial charge in [0.1, 0.15) is 5.52 Å². The van der Waals surface area contributed by atoms with Gasteiger partial charge in [0.25, 0.3) is 0 Å². The zero-order chi connectivity index (χ0) is 15.0. The summed E-state index contributed by atoms with van der Waals surface area (Å²) in [4.78, 5) is 3.89. The van der Waals surface area contributed by atoms with Gasteiger partial charge >= 0.3 is 0 Å². The first kappa shape index (κ1) is 13.7. The number of rotatable bonds is 5. The number of fused-ring (bicyclic) bond motifs is 1. The summed E-state index contributed by atoms with van der Waals surface area (Å²) in [5.74, 6) is -1.72. The third-order valence-electron chi connectivity index (χ3n) is 3.58. The first-order chi connectivity index (χ1) is 10.1. The number of halogens is 2. The zero-order valence-electron chi connectivity index (χ0n) is 11.2. The molecule has 0 spiro atoms. The minimum absolute atomic E-state index is 0.108. The van der Waals surface area contributed by atoms with Crippen LogP contribution in [-0.2, 0) is 6.67 Å². The molecule has 1 fully saturated rings. The Labute approximate surface area is 119 Å². The minimum Gasteiger partial charge on any atom is -0.409 e. The van der Waals surface area contributed by atoms with Gasteiger partial charge in [-0.3, -0.25) is 5.32 Å². The van der Waals surface area contributed by atoms with E-state index in [0.717, 1.165) is 12.6 Å². The molecule has 0 atom stereocenters. The van der Waals surface area contributed by atoms with Crippen LogP contribution in [0, 0.1) is 17.6 Å².